The number of nitro groups is 1. The van der Waals surface area contributed by atoms with Crippen molar-refractivity contribution in [3.63, 3.8) is 0 Å². The molecule has 0 atom stereocenters. The number of rotatable bonds is 8. The molecule has 0 bridgehead atoms. The minimum atomic E-state index is -0.499. The highest BCUT2D eigenvalue weighted by Gasteiger charge is 2.23. The number of aromatic nitrogens is 1. The highest BCUT2D eigenvalue weighted by atomic mass is 19.1. The van der Waals surface area contributed by atoms with Gasteiger partial charge in [0.15, 0.2) is 17.3 Å². The minimum Gasteiger partial charge on any atom is -0.493 e. The molecule has 0 aliphatic carbocycles. The number of methoxy groups -OCH3 is 3. The summed E-state index contributed by atoms with van der Waals surface area (Å²) < 4.78 is 31.2. The van der Waals surface area contributed by atoms with Gasteiger partial charge in [0, 0.05) is 46.9 Å². The largest absolute Gasteiger partial charge is 0.493 e. The number of benzene rings is 3. The molecule has 8 nitrogen and oxygen atoms in total. The predicted octanol–water partition coefficient (Wildman–Crippen LogP) is 5.45. The van der Waals surface area contributed by atoms with E-state index in [0.717, 1.165) is 0 Å². The summed E-state index contributed by atoms with van der Waals surface area (Å²) in [6, 6.07) is 14.8. The molecule has 0 amide bonds. The van der Waals surface area contributed by atoms with Gasteiger partial charge in [-0.25, -0.2) is 4.39 Å². The first-order chi connectivity index (χ1) is 16.9. The average molecular weight is 476 g/mol. The molecule has 178 valence electrons. The molecular formula is C26H21FN2O6. The van der Waals surface area contributed by atoms with Gasteiger partial charge in [-0.2, -0.15) is 0 Å². The van der Waals surface area contributed by atoms with Crippen LogP contribution in [0.4, 0.5) is 10.1 Å². The number of hydrogen-bond acceptors (Lipinski definition) is 6. The molecule has 0 aliphatic rings. The molecule has 4 aromatic rings. The number of non-ortho nitro benzene ring substituents is 1. The smallest absolute Gasteiger partial charge is 0.270 e. The molecule has 0 saturated carbocycles. The first kappa shape index (κ1) is 23.5. The average Bonchev–Trinajstić information content (AvgIpc) is 3.33. The monoisotopic (exact) mass is 476 g/mol. The van der Waals surface area contributed by atoms with E-state index < -0.39 is 10.7 Å². The van der Waals surface area contributed by atoms with Crippen molar-refractivity contribution in [1.29, 1.82) is 0 Å². The Balaban J connectivity index is 1.90. The lowest BCUT2D eigenvalue weighted by atomic mass is 9.97. The van der Waals surface area contributed by atoms with E-state index in [9.17, 15) is 19.3 Å². The SMILES string of the molecule is COc1cc(C(=O)c2cn(-c3ccc(F)cc3)cc2-c2cccc([N+](=O)[O-])c2)cc(OC)c1OC. The van der Waals surface area contributed by atoms with Gasteiger partial charge in [0.25, 0.3) is 5.69 Å². The first-order valence-corrected chi connectivity index (χ1v) is 10.4. The van der Waals surface area contributed by atoms with Crippen LogP contribution in [0.3, 0.4) is 0 Å². The van der Waals surface area contributed by atoms with Crippen molar-refractivity contribution in [2.75, 3.05) is 21.3 Å². The second-order valence-electron chi connectivity index (χ2n) is 7.52. The van der Waals surface area contributed by atoms with E-state index in [2.05, 4.69) is 0 Å². The molecule has 1 aromatic heterocycles. The Hall–Kier alpha value is -4.66. The molecule has 35 heavy (non-hydrogen) atoms. The Morgan fingerprint density at radius 3 is 2.14 bits per heavy atom. The number of carbonyl (C=O) groups excluding carboxylic acids is 1. The number of carbonyl (C=O) groups is 1. The Labute approximate surface area is 200 Å². The van der Waals surface area contributed by atoms with E-state index in [1.54, 1.807) is 41.2 Å². The molecule has 0 saturated heterocycles. The summed E-state index contributed by atoms with van der Waals surface area (Å²) in [5.41, 5.74) is 2.00. The molecule has 3 aromatic carbocycles. The van der Waals surface area contributed by atoms with Gasteiger partial charge in [0.2, 0.25) is 5.75 Å². The van der Waals surface area contributed by atoms with E-state index >= 15 is 0 Å². The Bertz CT molecular complexity index is 1390. The Kier molecular flexibility index (Phi) is 6.50. The Morgan fingerprint density at radius 2 is 1.57 bits per heavy atom. The van der Waals surface area contributed by atoms with Crippen molar-refractivity contribution in [1.82, 2.24) is 4.57 Å². The van der Waals surface area contributed by atoms with Crippen LogP contribution in [0, 0.1) is 15.9 Å². The second-order valence-corrected chi connectivity index (χ2v) is 7.52. The van der Waals surface area contributed by atoms with Crippen molar-refractivity contribution in [3.8, 4) is 34.1 Å². The fourth-order valence-electron chi connectivity index (χ4n) is 3.78. The maximum Gasteiger partial charge on any atom is 0.270 e. The van der Waals surface area contributed by atoms with Crippen LogP contribution in [0.1, 0.15) is 15.9 Å². The maximum atomic E-state index is 13.7. The molecule has 0 spiro atoms. The third-order valence-corrected chi connectivity index (χ3v) is 5.49. The number of ketones is 1. The number of halogens is 1. The number of nitro benzene ring substituents is 1. The van der Waals surface area contributed by atoms with Crippen LogP contribution in [-0.4, -0.2) is 36.6 Å². The zero-order valence-electron chi connectivity index (χ0n) is 19.2. The van der Waals surface area contributed by atoms with Gasteiger partial charge < -0.3 is 18.8 Å². The van der Waals surface area contributed by atoms with Crippen molar-refractivity contribution in [2.45, 2.75) is 0 Å². The van der Waals surface area contributed by atoms with Crippen molar-refractivity contribution >= 4 is 11.5 Å². The van der Waals surface area contributed by atoms with Gasteiger partial charge in [-0.3, -0.25) is 14.9 Å². The third kappa shape index (κ3) is 4.56. The normalized spacial score (nSPS) is 10.6. The fourth-order valence-corrected chi connectivity index (χ4v) is 3.78. The minimum absolute atomic E-state index is 0.108. The summed E-state index contributed by atoms with van der Waals surface area (Å²) >= 11 is 0. The fraction of sp³-hybridized carbons (Fsp3) is 0.115. The summed E-state index contributed by atoms with van der Waals surface area (Å²) in [7, 11) is 4.36. The molecule has 0 fully saturated rings. The topological polar surface area (TPSA) is 92.8 Å². The lowest BCUT2D eigenvalue weighted by Crippen LogP contribution is -2.05. The quantitative estimate of drug-likeness (QED) is 0.191. The highest BCUT2D eigenvalue weighted by molar-refractivity contribution is 6.13. The molecule has 4 rings (SSSR count). The van der Waals surface area contributed by atoms with Gasteiger partial charge in [-0.05, 0) is 42.0 Å². The standard InChI is InChI=1S/C26H21FN2O6/c1-33-23-12-17(13-24(34-2)26(23)35-3)25(30)22-15-28(19-9-7-18(27)8-10-19)14-21(22)16-5-4-6-20(11-16)29(31)32/h4-15H,1-3H3. The molecule has 1 heterocycles. The zero-order chi connectivity index (χ0) is 25.1. The van der Waals surface area contributed by atoms with Gasteiger partial charge in [0.1, 0.15) is 5.82 Å². The molecule has 0 N–H and O–H groups in total. The van der Waals surface area contributed by atoms with Crippen LogP contribution in [0.2, 0.25) is 0 Å². The summed E-state index contributed by atoms with van der Waals surface area (Å²) in [4.78, 5) is 24.6. The summed E-state index contributed by atoms with van der Waals surface area (Å²) in [5.74, 6) is 0.199. The van der Waals surface area contributed by atoms with E-state index in [1.807, 2.05) is 0 Å². The zero-order valence-corrected chi connectivity index (χ0v) is 19.2. The van der Waals surface area contributed by atoms with Gasteiger partial charge >= 0.3 is 0 Å². The summed E-state index contributed by atoms with van der Waals surface area (Å²) in [6.07, 6.45) is 3.28. The molecule has 0 aliphatic heterocycles. The summed E-state index contributed by atoms with van der Waals surface area (Å²) in [5, 5.41) is 11.3. The van der Waals surface area contributed by atoms with Crippen LogP contribution >= 0.6 is 0 Å². The lowest BCUT2D eigenvalue weighted by molar-refractivity contribution is -0.384. The third-order valence-electron chi connectivity index (χ3n) is 5.49. The predicted molar refractivity (Wildman–Crippen MR) is 127 cm³/mol. The van der Waals surface area contributed by atoms with E-state index in [1.165, 1.54) is 57.7 Å². The number of nitrogens with zero attached hydrogens (tertiary/aromatic N) is 2. The van der Waals surface area contributed by atoms with Crippen molar-refractivity contribution < 1.29 is 28.3 Å². The highest BCUT2D eigenvalue weighted by Crippen LogP contribution is 2.39. The molecule has 0 unspecified atom stereocenters. The van der Waals surface area contributed by atoms with Crippen LogP contribution in [0.25, 0.3) is 16.8 Å². The van der Waals surface area contributed by atoms with Gasteiger partial charge in [-0.15, -0.1) is 0 Å². The molecular weight excluding hydrogens is 455 g/mol. The van der Waals surface area contributed by atoms with E-state index in [4.69, 9.17) is 14.2 Å². The maximum absolute atomic E-state index is 13.7. The number of ether oxygens (including phenoxy) is 3. The first-order valence-electron chi connectivity index (χ1n) is 10.4. The van der Waals surface area contributed by atoms with Crippen LogP contribution in [0.5, 0.6) is 17.2 Å². The van der Waals surface area contributed by atoms with Gasteiger partial charge in [-0.1, -0.05) is 12.1 Å². The Morgan fingerprint density at radius 1 is 0.914 bits per heavy atom. The van der Waals surface area contributed by atoms with E-state index in [-0.39, 0.29) is 22.6 Å². The van der Waals surface area contributed by atoms with Crippen molar-refractivity contribution in [3.05, 3.63) is 100 Å². The van der Waals surface area contributed by atoms with Crippen molar-refractivity contribution in [2.24, 2.45) is 0 Å². The van der Waals surface area contributed by atoms with Gasteiger partial charge in [0.05, 0.1) is 26.3 Å². The lowest BCUT2D eigenvalue weighted by Gasteiger charge is -2.14. The molecule has 9 heteroatoms. The van der Waals surface area contributed by atoms with Crippen LogP contribution in [0.15, 0.2) is 73.1 Å². The number of hydrogen-bond donors (Lipinski definition) is 0. The summed E-state index contributed by atoms with van der Waals surface area (Å²) in [6.45, 7) is 0. The second kappa shape index (κ2) is 9.68. The van der Waals surface area contributed by atoms with Crippen LogP contribution < -0.4 is 14.2 Å². The molecule has 0 radical (unpaired) electrons. The van der Waals surface area contributed by atoms with E-state index in [0.29, 0.717) is 34.1 Å². The van der Waals surface area contributed by atoms with Crippen LogP contribution in [-0.2, 0) is 0 Å².